The Morgan fingerprint density at radius 3 is 3.11 bits per heavy atom. The lowest BCUT2D eigenvalue weighted by Crippen LogP contribution is -2.24. The van der Waals surface area contributed by atoms with E-state index in [4.69, 9.17) is 5.11 Å². The van der Waals surface area contributed by atoms with Crippen molar-refractivity contribution in [3.63, 3.8) is 0 Å². The number of hydrogen-bond acceptors (Lipinski definition) is 4. The molecular formula is C14H22N2O2S. The molecule has 0 bridgehead atoms. The van der Waals surface area contributed by atoms with E-state index in [0.29, 0.717) is 5.69 Å². The van der Waals surface area contributed by atoms with Gasteiger partial charge in [0.05, 0.1) is 12.1 Å². The van der Waals surface area contributed by atoms with Gasteiger partial charge in [0, 0.05) is 18.5 Å². The minimum absolute atomic E-state index is 0.0306. The fourth-order valence-corrected chi connectivity index (χ4v) is 3.61. The third kappa shape index (κ3) is 4.20. The van der Waals surface area contributed by atoms with Gasteiger partial charge < -0.3 is 10.0 Å². The number of anilines is 1. The van der Waals surface area contributed by atoms with E-state index in [1.807, 2.05) is 5.38 Å². The third-order valence-corrected chi connectivity index (χ3v) is 4.64. The molecule has 106 valence electrons. The Balaban J connectivity index is 1.94. The zero-order valence-corrected chi connectivity index (χ0v) is 12.3. The standard InChI is InChI=1S/C14H22N2O2S/c1-2-4-11-5-3-7-16(8-6-11)14-15-12(10-19-14)9-13(17)18/h10-11H,2-9H2,1H3,(H,17,18). The van der Waals surface area contributed by atoms with E-state index in [1.165, 1.54) is 32.1 Å². The van der Waals surface area contributed by atoms with E-state index in [2.05, 4.69) is 16.8 Å². The predicted molar refractivity (Wildman–Crippen MR) is 77.9 cm³/mol. The van der Waals surface area contributed by atoms with Crippen molar-refractivity contribution in [2.24, 2.45) is 5.92 Å². The molecule has 0 aromatic carbocycles. The number of aromatic nitrogens is 1. The Labute approximate surface area is 118 Å². The van der Waals surface area contributed by atoms with Crippen molar-refractivity contribution < 1.29 is 9.90 Å². The fourth-order valence-electron chi connectivity index (χ4n) is 2.73. The highest BCUT2D eigenvalue weighted by atomic mass is 32.1. The molecule has 0 saturated carbocycles. The van der Waals surface area contributed by atoms with Crippen molar-refractivity contribution in [2.45, 2.75) is 45.4 Å². The van der Waals surface area contributed by atoms with E-state index >= 15 is 0 Å². The minimum atomic E-state index is -0.810. The highest BCUT2D eigenvalue weighted by Gasteiger charge is 2.19. The van der Waals surface area contributed by atoms with Crippen molar-refractivity contribution in [3.8, 4) is 0 Å². The molecule has 1 N–H and O–H groups in total. The second kappa shape index (κ2) is 6.89. The van der Waals surface area contributed by atoms with E-state index in [0.717, 1.165) is 24.1 Å². The zero-order valence-electron chi connectivity index (χ0n) is 11.5. The molecule has 0 radical (unpaired) electrons. The van der Waals surface area contributed by atoms with Gasteiger partial charge in [0.25, 0.3) is 0 Å². The second-order valence-electron chi connectivity index (χ2n) is 5.26. The Morgan fingerprint density at radius 2 is 2.37 bits per heavy atom. The van der Waals surface area contributed by atoms with Crippen molar-refractivity contribution >= 4 is 22.4 Å². The average molecular weight is 282 g/mol. The number of aliphatic carboxylic acids is 1. The first-order chi connectivity index (χ1) is 9.19. The van der Waals surface area contributed by atoms with Crippen molar-refractivity contribution in [1.82, 2.24) is 4.98 Å². The van der Waals surface area contributed by atoms with Crippen LogP contribution in [0, 0.1) is 5.92 Å². The van der Waals surface area contributed by atoms with Crippen LogP contribution in [0.3, 0.4) is 0 Å². The molecule has 1 fully saturated rings. The number of thiazole rings is 1. The topological polar surface area (TPSA) is 53.4 Å². The summed E-state index contributed by atoms with van der Waals surface area (Å²) in [5.74, 6) is 0.0455. The summed E-state index contributed by atoms with van der Waals surface area (Å²) in [6, 6.07) is 0. The van der Waals surface area contributed by atoms with Crippen LogP contribution in [0.15, 0.2) is 5.38 Å². The monoisotopic (exact) mass is 282 g/mol. The smallest absolute Gasteiger partial charge is 0.309 e. The summed E-state index contributed by atoms with van der Waals surface area (Å²) in [4.78, 5) is 17.5. The van der Waals surface area contributed by atoms with Gasteiger partial charge in [0.2, 0.25) is 0 Å². The van der Waals surface area contributed by atoms with Crippen LogP contribution in [0.4, 0.5) is 5.13 Å². The molecule has 1 unspecified atom stereocenters. The van der Waals surface area contributed by atoms with E-state index in [9.17, 15) is 4.79 Å². The molecule has 5 heteroatoms. The quantitative estimate of drug-likeness (QED) is 0.901. The number of rotatable bonds is 5. The van der Waals surface area contributed by atoms with Gasteiger partial charge in [0.1, 0.15) is 0 Å². The van der Waals surface area contributed by atoms with Crippen molar-refractivity contribution in [1.29, 1.82) is 0 Å². The molecule has 19 heavy (non-hydrogen) atoms. The molecule has 2 rings (SSSR count). The largest absolute Gasteiger partial charge is 0.481 e. The number of carboxylic acid groups (broad SMARTS) is 1. The predicted octanol–water partition coefficient (Wildman–Crippen LogP) is 3.18. The van der Waals surface area contributed by atoms with Crippen molar-refractivity contribution in [3.05, 3.63) is 11.1 Å². The van der Waals surface area contributed by atoms with Gasteiger partial charge in [-0.3, -0.25) is 4.79 Å². The lowest BCUT2D eigenvalue weighted by Gasteiger charge is -2.19. The summed E-state index contributed by atoms with van der Waals surface area (Å²) in [5.41, 5.74) is 0.682. The first kappa shape index (κ1) is 14.3. The third-order valence-electron chi connectivity index (χ3n) is 3.69. The van der Waals surface area contributed by atoms with E-state index in [-0.39, 0.29) is 6.42 Å². The van der Waals surface area contributed by atoms with Crippen LogP contribution in [-0.2, 0) is 11.2 Å². The lowest BCUT2D eigenvalue weighted by molar-refractivity contribution is -0.136. The fraction of sp³-hybridized carbons (Fsp3) is 0.714. The minimum Gasteiger partial charge on any atom is -0.481 e. The Kier molecular flexibility index (Phi) is 5.19. The van der Waals surface area contributed by atoms with Crippen LogP contribution < -0.4 is 4.90 Å². The molecule has 1 saturated heterocycles. The number of carboxylic acids is 1. The summed E-state index contributed by atoms with van der Waals surface area (Å²) >= 11 is 1.57. The van der Waals surface area contributed by atoms with Crippen LogP contribution >= 0.6 is 11.3 Å². The maximum absolute atomic E-state index is 10.7. The second-order valence-corrected chi connectivity index (χ2v) is 6.10. The first-order valence-corrected chi connectivity index (χ1v) is 7.98. The molecule has 1 aromatic heterocycles. The average Bonchev–Trinajstić information content (AvgIpc) is 2.68. The molecule has 0 spiro atoms. The molecular weight excluding hydrogens is 260 g/mol. The highest BCUT2D eigenvalue weighted by Crippen LogP contribution is 2.27. The highest BCUT2D eigenvalue weighted by molar-refractivity contribution is 7.13. The molecule has 1 atom stereocenters. The number of carbonyl (C=O) groups is 1. The first-order valence-electron chi connectivity index (χ1n) is 7.10. The maximum Gasteiger partial charge on any atom is 0.309 e. The molecule has 2 heterocycles. The summed E-state index contributed by atoms with van der Waals surface area (Å²) in [5, 5.41) is 11.6. The van der Waals surface area contributed by atoms with Gasteiger partial charge in [-0.15, -0.1) is 11.3 Å². The van der Waals surface area contributed by atoms with Crippen LogP contribution in [0.2, 0.25) is 0 Å². The maximum atomic E-state index is 10.7. The normalized spacial score (nSPS) is 20.3. The van der Waals surface area contributed by atoms with Crippen molar-refractivity contribution in [2.75, 3.05) is 18.0 Å². The number of nitrogens with zero attached hydrogens (tertiary/aromatic N) is 2. The van der Waals surface area contributed by atoms with Gasteiger partial charge in [0.15, 0.2) is 5.13 Å². The van der Waals surface area contributed by atoms with Gasteiger partial charge in [-0.25, -0.2) is 4.98 Å². The molecule has 0 aliphatic carbocycles. The van der Waals surface area contributed by atoms with Crippen LogP contribution in [0.5, 0.6) is 0 Å². The van der Waals surface area contributed by atoms with Gasteiger partial charge in [-0.1, -0.05) is 19.8 Å². The van der Waals surface area contributed by atoms with Crippen LogP contribution in [0.25, 0.3) is 0 Å². The summed E-state index contributed by atoms with van der Waals surface area (Å²) in [7, 11) is 0. The molecule has 1 aromatic rings. The molecule has 1 aliphatic heterocycles. The van der Waals surface area contributed by atoms with E-state index in [1.54, 1.807) is 11.3 Å². The summed E-state index contributed by atoms with van der Waals surface area (Å²) < 4.78 is 0. The Bertz CT molecular complexity index is 419. The summed E-state index contributed by atoms with van der Waals surface area (Å²) in [6.45, 7) is 4.37. The van der Waals surface area contributed by atoms with E-state index < -0.39 is 5.97 Å². The SMILES string of the molecule is CCCC1CCCN(c2nc(CC(=O)O)cs2)CC1. The Morgan fingerprint density at radius 1 is 1.53 bits per heavy atom. The van der Waals surface area contributed by atoms with Gasteiger partial charge in [-0.05, 0) is 25.2 Å². The van der Waals surface area contributed by atoms with Gasteiger partial charge in [-0.2, -0.15) is 0 Å². The Hall–Kier alpha value is -1.10. The summed E-state index contributed by atoms with van der Waals surface area (Å²) in [6.07, 6.45) is 6.40. The molecule has 1 aliphatic rings. The number of hydrogen-bond donors (Lipinski definition) is 1. The molecule has 4 nitrogen and oxygen atoms in total. The van der Waals surface area contributed by atoms with Gasteiger partial charge >= 0.3 is 5.97 Å². The molecule has 0 amide bonds. The lowest BCUT2D eigenvalue weighted by atomic mass is 9.96. The van der Waals surface area contributed by atoms with Crippen LogP contribution in [0.1, 0.15) is 44.7 Å². The van der Waals surface area contributed by atoms with Crippen LogP contribution in [-0.4, -0.2) is 29.1 Å². The zero-order chi connectivity index (χ0) is 13.7.